The average Bonchev–Trinajstić information content (AvgIpc) is 2.84. The number of benzene rings is 1. The van der Waals surface area contributed by atoms with Gasteiger partial charge in [-0.1, -0.05) is 12.1 Å². The Hall–Kier alpha value is -4.40. The topological polar surface area (TPSA) is 273 Å². The third-order valence-electron chi connectivity index (χ3n) is 5.32. The van der Waals surface area contributed by atoms with Crippen molar-refractivity contribution in [1.82, 2.24) is 16.0 Å². The summed E-state index contributed by atoms with van der Waals surface area (Å²) >= 11 is 0. The molecule has 0 aromatic heterocycles. The number of nitrogens with two attached hydrogens (primary N) is 3. The quantitative estimate of drug-likeness (QED) is 0.0616. The molecular weight excluding hydrogens is 502 g/mol. The number of rotatable bonds is 16. The van der Waals surface area contributed by atoms with Crippen LogP contribution >= 0.6 is 0 Å². The molecule has 0 fully saturated rings. The second-order valence-electron chi connectivity index (χ2n) is 8.55. The Morgan fingerprint density at radius 2 is 1.47 bits per heavy atom. The fraction of sp³-hybridized carbons (Fsp3) is 0.478. The van der Waals surface area contributed by atoms with Crippen molar-refractivity contribution in [2.24, 2.45) is 22.2 Å². The highest BCUT2D eigenvalue weighted by Crippen LogP contribution is 2.12. The first kappa shape index (κ1) is 31.6. The molecule has 0 saturated heterocycles. The van der Waals surface area contributed by atoms with E-state index in [-0.39, 0.29) is 50.4 Å². The molecule has 0 saturated carbocycles. The molecule has 0 radical (unpaired) electrons. The Labute approximate surface area is 218 Å². The molecule has 15 nitrogen and oxygen atoms in total. The molecule has 4 atom stereocenters. The number of aliphatic carboxylic acids is 2. The molecule has 15 heteroatoms. The van der Waals surface area contributed by atoms with Gasteiger partial charge in [0, 0.05) is 19.4 Å². The van der Waals surface area contributed by atoms with Gasteiger partial charge in [0.1, 0.15) is 23.9 Å². The largest absolute Gasteiger partial charge is 0.508 e. The van der Waals surface area contributed by atoms with E-state index < -0.39 is 53.8 Å². The summed E-state index contributed by atoms with van der Waals surface area (Å²) in [6.07, 6.45) is -0.288. The van der Waals surface area contributed by atoms with E-state index in [0.29, 0.717) is 5.56 Å². The van der Waals surface area contributed by atoms with Crippen molar-refractivity contribution in [3.63, 3.8) is 0 Å². The van der Waals surface area contributed by atoms with Gasteiger partial charge in [-0.05, 0) is 43.9 Å². The Kier molecular flexibility index (Phi) is 13.0. The highest BCUT2D eigenvalue weighted by Gasteiger charge is 2.29. The summed E-state index contributed by atoms with van der Waals surface area (Å²) in [5.41, 5.74) is 16.9. The van der Waals surface area contributed by atoms with Crippen molar-refractivity contribution in [2.45, 2.75) is 63.2 Å². The van der Waals surface area contributed by atoms with Gasteiger partial charge in [0.2, 0.25) is 17.7 Å². The molecule has 0 aliphatic heterocycles. The van der Waals surface area contributed by atoms with Crippen LogP contribution in [0, 0.1) is 0 Å². The minimum Gasteiger partial charge on any atom is -0.508 e. The Morgan fingerprint density at radius 1 is 0.895 bits per heavy atom. The van der Waals surface area contributed by atoms with Crippen LogP contribution in [-0.4, -0.2) is 81.7 Å². The lowest BCUT2D eigenvalue weighted by Gasteiger charge is -2.25. The van der Waals surface area contributed by atoms with E-state index in [2.05, 4.69) is 20.9 Å². The van der Waals surface area contributed by atoms with Crippen LogP contribution < -0.4 is 33.2 Å². The highest BCUT2D eigenvalue weighted by atomic mass is 16.4. The first-order chi connectivity index (χ1) is 17.8. The third-order valence-corrected chi connectivity index (χ3v) is 5.32. The minimum absolute atomic E-state index is 0.0143. The lowest BCUT2D eigenvalue weighted by molar-refractivity contribution is -0.142. The number of aliphatic imine (C=N–C) groups is 1. The SMILES string of the molecule is CC(NC(=O)C(CCCN=C(N)N)NC(=O)C(Cc1ccc(O)cc1)NC(=O)C(N)CCC(=O)O)C(=O)O. The number of carbonyl (C=O) groups is 5. The number of aromatic hydroxyl groups is 1. The molecule has 38 heavy (non-hydrogen) atoms. The van der Waals surface area contributed by atoms with Crippen LogP contribution in [0.3, 0.4) is 0 Å². The smallest absolute Gasteiger partial charge is 0.325 e. The van der Waals surface area contributed by atoms with Gasteiger partial charge in [-0.25, -0.2) is 0 Å². The number of phenolic OH excluding ortho intramolecular Hbond substituents is 1. The molecule has 0 bridgehead atoms. The van der Waals surface area contributed by atoms with Crippen LogP contribution in [-0.2, 0) is 30.4 Å². The van der Waals surface area contributed by atoms with Crippen LogP contribution in [0.2, 0.25) is 0 Å². The van der Waals surface area contributed by atoms with Crippen LogP contribution in [0.1, 0.15) is 38.2 Å². The van der Waals surface area contributed by atoms with Crippen LogP contribution in [0.5, 0.6) is 5.75 Å². The molecule has 1 aromatic carbocycles. The predicted octanol–water partition coefficient (Wildman–Crippen LogP) is -2.26. The molecular formula is C23H35N7O8. The Bertz CT molecular complexity index is 1010. The molecule has 0 aliphatic rings. The summed E-state index contributed by atoms with van der Waals surface area (Å²) in [5, 5.41) is 34.7. The van der Waals surface area contributed by atoms with Crippen molar-refractivity contribution in [2.75, 3.05) is 6.54 Å². The van der Waals surface area contributed by atoms with Crippen LogP contribution in [0.15, 0.2) is 29.3 Å². The van der Waals surface area contributed by atoms with Gasteiger partial charge in [0.05, 0.1) is 6.04 Å². The van der Waals surface area contributed by atoms with Crippen molar-refractivity contribution in [3.05, 3.63) is 29.8 Å². The van der Waals surface area contributed by atoms with E-state index in [4.69, 9.17) is 27.4 Å². The molecule has 12 N–H and O–H groups in total. The first-order valence-electron chi connectivity index (χ1n) is 11.7. The Morgan fingerprint density at radius 3 is 2.03 bits per heavy atom. The van der Waals surface area contributed by atoms with E-state index in [1.54, 1.807) is 0 Å². The molecule has 210 valence electrons. The number of carboxylic acid groups (broad SMARTS) is 2. The normalized spacial score (nSPS) is 13.7. The van der Waals surface area contributed by atoms with Crippen molar-refractivity contribution in [3.8, 4) is 5.75 Å². The van der Waals surface area contributed by atoms with Gasteiger partial charge in [-0.15, -0.1) is 0 Å². The maximum absolute atomic E-state index is 13.2. The lowest BCUT2D eigenvalue weighted by atomic mass is 10.0. The summed E-state index contributed by atoms with van der Waals surface area (Å²) in [4.78, 5) is 64.4. The number of hydrogen-bond acceptors (Lipinski definition) is 8. The molecule has 1 rings (SSSR count). The van der Waals surface area contributed by atoms with Crippen LogP contribution in [0.25, 0.3) is 0 Å². The number of phenols is 1. The summed E-state index contributed by atoms with van der Waals surface area (Å²) in [7, 11) is 0. The fourth-order valence-corrected chi connectivity index (χ4v) is 3.19. The molecule has 4 unspecified atom stereocenters. The molecule has 0 heterocycles. The zero-order chi connectivity index (χ0) is 28.8. The van der Waals surface area contributed by atoms with Crippen molar-refractivity contribution >= 4 is 35.6 Å². The second kappa shape index (κ2) is 15.7. The van der Waals surface area contributed by atoms with E-state index >= 15 is 0 Å². The maximum Gasteiger partial charge on any atom is 0.325 e. The summed E-state index contributed by atoms with van der Waals surface area (Å²) in [5.74, 6) is -4.93. The van der Waals surface area contributed by atoms with Gasteiger partial charge in [0.25, 0.3) is 0 Å². The van der Waals surface area contributed by atoms with Gasteiger partial charge < -0.3 is 48.5 Å². The summed E-state index contributed by atoms with van der Waals surface area (Å²) < 4.78 is 0. The van der Waals surface area contributed by atoms with Gasteiger partial charge in [0.15, 0.2) is 5.96 Å². The van der Waals surface area contributed by atoms with E-state index in [1.165, 1.54) is 31.2 Å². The maximum atomic E-state index is 13.2. The zero-order valence-electron chi connectivity index (χ0n) is 20.9. The van der Waals surface area contributed by atoms with Gasteiger partial charge >= 0.3 is 11.9 Å². The summed E-state index contributed by atoms with van der Waals surface area (Å²) in [6.45, 7) is 1.40. The van der Waals surface area contributed by atoms with E-state index in [9.17, 15) is 29.1 Å². The monoisotopic (exact) mass is 537 g/mol. The number of carboxylic acids is 2. The number of amides is 3. The zero-order valence-corrected chi connectivity index (χ0v) is 20.9. The molecule has 3 amide bonds. The standard InChI is InChI=1S/C23H35N7O8/c1-12(22(37)38)28-20(35)16(3-2-10-27-23(25)26)29-21(36)17(11-13-4-6-14(31)7-5-13)30-19(34)15(24)8-9-18(32)33/h4-7,12,15-17,31H,2-3,8-11,24H2,1H3,(H,28,35)(H,29,36)(H,30,34)(H,32,33)(H,37,38)(H4,25,26,27). The predicted molar refractivity (Wildman–Crippen MR) is 136 cm³/mol. The number of nitrogens with one attached hydrogen (secondary N) is 3. The van der Waals surface area contributed by atoms with Crippen LogP contribution in [0.4, 0.5) is 0 Å². The van der Waals surface area contributed by atoms with Gasteiger partial charge in [-0.3, -0.25) is 29.0 Å². The summed E-state index contributed by atoms with van der Waals surface area (Å²) in [6, 6.07) is 0.942. The lowest BCUT2D eigenvalue weighted by Crippen LogP contribution is -2.57. The number of nitrogens with zero attached hydrogens (tertiary/aromatic N) is 1. The average molecular weight is 538 g/mol. The number of guanidine groups is 1. The minimum atomic E-state index is -1.28. The fourth-order valence-electron chi connectivity index (χ4n) is 3.19. The van der Waals surface area contributed by atoms with E-state index in [1.807, 2.05) is 0 Å². The van der Waals surface area contributed by atoms with Crippen molar-refractivity contribution in [1.29, 1.82) is 0 Å². The first-order valence-corrected chi connectivity index (χ1v) is 11.7. The Balaban J connectivity index is 3.11. The van der Waals surface area contributed by atoms with Gasteiger partial charge in [-0.2, -0.15) is 0 Å². The molecule has 1 aromatic rings. The highest BCUT2D eigenvalue weighted by molar-refractivity contribution is 5.94. The second-order valence-corrected chi connectivity index (χ2v) is 8.55. The third kappa shape index (κ3) is 12.0. The molecule has 0 aliphatic carbocycles. The van der Waals surface area contributed by atoms with E-state index in [0.717, 1.165) is 0 Å². The number of carbonyl (C=O) groups excluding carboxylic acids is 3. The molecule has 0 spiro atoms. The number of hydrogen-bond donors (Lipinski definition) is 9. The van der Waals surface area contributed by atoms with Crippen molar-refractivity contribution < 1.29 is 39.3 Å².